The molecule has 4 rings (SSSR count). The van der Waals surface area contributed by atoms with Gasteiger partial charge >= 0.3 is 6.09 Å². The first-order valence-corrected chi connectivity index (χ1v) is 15.4. The molecule has 1 aromatic heterocycles. The van der Waals surface area contributed by atoms with E-state index in [0.717, 1.165) is 6.29 Å². The smallest absolute Gasteiger partial charge is 0.411 e. The number of nitrogens with zero attached hydrogens (tertiary/aromatic N) is 2. The molecule has 3 atom stereocenters. The van der Waals surface area contributed by atoms with Crippen LogP contribution in [0.3, 0.4) is 0 Å². The van der Waals surface area contributed by atoms with E-state index in [1.54, 1.807) is 25.7 Å². The molecule has 198 valence electrons. The molecule has 1 aliphatic carbocycles. The fourth-order valence-electron chi connectivity index (χ4n) is 4.80. The number of hydrogen-bond donors (Lipinski definition) is 1. The topological polar surface area (TPSA) is 84.5 Å². The molecular formula is C26H37F2N3O4Si. The van der Waals surface area contributed by atoms with Gasteiger partial charge in [0.05, 0.1) is 12.1 Å². The molecule has 0 bridgehead atoms. The van der Waals surface area contributed by atoms with Crippen molar-refractivity contribution in [3.8, 4) is 0 Å². The summed E-state index contributed by atoms with van der Waals surface area (Å²) in [6, 6.07) is -0.585. The Labute approximate surface area is 212 Å². The Morgan fingerprint density at radius 2 is 1.72 bits per heavy atom. The van der Waals surface area contributed by atoms with Gasteiger partial charge in [0.15, 0.2) is 20.0 Å². The van der Waals surface area contributed by atoms with Crippen LogP contribution in [0.25, 0.3) is 11.0 Å². The van der Waals surface area contributed by atoms with Gasteiger partial charge in [-0.05, 0) is 62.9 Å². The Kier molecular flexibility index (Phi) is 6.61. The largest absolute Gasteiger partial charge is 0.444 e. The van der Waals surface area contributed by atoms with E-state index < -0.39 is 43.6 Å². The van der Waals surface area contributed by atoms with Crippen molar-refractivity contribution in [1.82, 2.24) is 14.9 Å². The van der Waals surface area contributed by atoms with Gasteiger partial charge < -0.3 is 18.9 Å². The van der Waals surface area contributed by atoms with Gasteiger partial charge in [-0.3, -0.25) is 4.90 Å². The maximum atomic E-state index is 15.4. The summed E-state index contributed by atoms with van der Waals surface area (Å²) in [4.78, 5) is 33.3. The van der Waals surface area contributed by atoms with E-state index in [9.17, 15) is 9.59 Å². The zero-order chi connectivity index (χ0) is 26.8. The summed E-state index contributed by atoms with van der Waals surface area (Å²) in [6.45, 7) is 16.4. The minimum Gasteiger partial charge on any atom is -0.444 e. The van der Waals surface area contributed by atoms with Gasteiger partial charge in [-0.15, -0.1) is 0 Å². The summed E-state index contributed by atoms with van der Waals surface area (Å²) in [5.74, 6) is -1.32. The highest BCUT2D eigenvalue weighted by molar-refractivity contribution is 6.74. The fraction of sp³-hybridized carbons (Fsp3) is 0.654. The number of ether oxygens (including phenoxy) is 1. The zero-order valence-electron chi connectivity index (χ0n) is 22.4. The molecule has 1 fully saturated rings. The third kappa shape index (κ3) is 4.81. The minimum absolute atomic E-state index is 0.0204. The van der Waals surface area contributed by atoms with Crippen LogP contribution in [-0.2, 0) is 26.8 Å². The molecular weight excluding hydrogens is 484 g/mol. The molecule has 1 amide bonds. The molecule has 0 saturated carbocycles. The first kappa shape index (κ1) is 26.7. The summed E-state index contributed by atoms with van der Waals surface area (Å²) in [5.41, 5.74) is -0.412. The first-order valence-electron chi connectivity index (χ1n) is 12.5. The number of H-pyrrole nitrogens is 1. The van der Waals surface area contributed by atoms with Crippen molar-refractivity contribution in [3.05, 3.63) is 28.6 Å². The number of nitrogens with one attached hydrogen (secondary N) is 1. The molecule has 1 unspecified atom stereocenters. The highest BCUT2D eigenvalue weighted by Gasteiger charge is 2.46. The van der Waals surface area contributed by atoms with Gasteiger partial charge in [-0.25, -0.2) is 18.6 Å². The van der Waals surface area contributed by atoms with Crippen LogP contribution in [-0.4, -0.2) is 53.8 Å². The monoisotopic (exact) mass is 521 g/mol. The number of hydrogen-bond acceptors (Lipinski definition) is 5. The molecule has 0 radical (unpaired) electrons. The third-order valence-corrected chi connectivity index (χ3v) is 12.2. The second-order valence-electron chi connectivity index (χ2n) is 12.6. The van der Waals surface area contributed by atoms with E-state index in [4.69, 9.17) is 9.16 Å². The summed E-state index contributed by atoms with van der Waals surface area (Å²) in [5, 5.41) is -0.0204. The van der Waals surface area contributed by atoms with Crippen LogP contribution in [0.2, 0.25) is 18.1 Å². The van der Waals surface area contributed by atoms with Crippen LogP contribution in [0.1, 0.15) is 71.0 Å². The lowest BCUT2D eigenvalue weighted by molar-refractivity contribution is -0.110. The average molecular weight is 522 g/mol. The number of aldehydes is 1. The van der Waals surface area contributed by atoms with Crippen molar-refractivity contribution < 1.29 is 27.5 Å². The predicted octanol–water partition coefficient (Wildman–Crippen LogP) is 5.83. The van der Waals surface area contributed by atoms with E-state index in [1.807, 2.05) is 0 Å². The SMILES string of the molecule is CC(C)(C)OC(=O)N1C[C@@H](O[Si](C)(C)C(C)(C)C)C[C@@H]1c1nc2c(F)c3c(c(F)c2[nH]1)CC(C=O)C3. The lowest BCUT2D eigenvalue weighted by Crippen LogP contribution is -2.45. The molecule has 2 heterocycles. The Morgan fingerprint density at radius 1 is 1.11 bits per heavy atom. The van der Waals surface area contributed by atoms with Crippen molar-refractivity contribution in [2.45, 2.75) is 96.7 Å². The van der Waals surface area contributed by atoms with Gasteiger partial charge in [0, 0.05) is 18.9 Å². The molecule has 1 aliphatic heterocycles. The Morgan fingerprint density at radius 3 is 2.28 bits per heavy atom. The number of imidazole rings is 1. The number of benzene rings is 1. The van der Waals surface area contributed by atoms with Crippen LogP contribution < -0.4 is 0 Å². The number of likely N-dealkylation sites (tertiary alicyclic amines) is 1. The number of carbonyl (C=O) groups is 2. The highest BCUT2D eigenvalue weighted by Crippen LogP contribution is 2.42. The highest BCUT2D eigenvalue weighted by atomic mass is 28.4. The number of carbonyl (C=O) groups excluding carboxylic acids is 2. The third-order valence-electron chi connectivity index (χ3n) is 7.64. The summed E-state index contributed by atoms with van der Waals surface area (Å²) < 4.78 is 43.0. The van der Waals surface area contributed by atoms with Crippen LogP contribution in [0, 0.1) is 17.6 Å². The van der Waals surface area contributed by atoms with Crippen molar-refractivity contribution >= 4 is 31.7 Å². The number of halogens is 2. The Hall–Kier alpha value is -2.33. The second-order valence-corrected chi connectivity index (χ2v) is 17.4. The molecule has 2 aromatic rings. The fourth-order valence-corrected chi connectivity index (χ4v) is 6.16. The Balaban J connectivity index is 1.72. The lowest BCUT2D eigenvalue weighted by atomic mass is 10.1. The Bertz CT molecular complexity index is 1150. The average Bonchev–Trinajstić information content (AvgIpc) is 3.46. The van der Waals surface area contributed by atoms with Crippen molar-refractivity contribution in [2.75, 3.05) is 6.54 Å². The van der Waals surface area contributed by atoms with Gasteiger partial charge in [0.1, 0.15) is 28.7 Å². The molecule has 1 aromatic carbocycles. The summed E-state index contributed by atoms with van der Waals surface area (Å²) >= 11 is 0. The van der Waals surface area contributed by atoms with Crippen molar-refractivity contribution in [3.63, 3.8) is 0 Å². The maximum Gasteiger partial charge on any atom is 0.411 e. The normalized spacial score (nSPS) is 21.3. The number of fused-ring (bicyclic) bond motifs is 2. The van der Waals surface area contributed by atoms with Crippen molar-refractivity contribution in [2.24, 2.45) is 5.92 Å². The van der Waals surface area contributed by atoms with E-state index >= 15 is 8.78 Å². The molecule has 36 heavy (non-hydrogen) atoms. The second kappa shape index (κ2) is 8.90. The van der Waals surface area contributed by atoms with Crippen LogP contribution >= 0.6 is 0 Å². The molecule has 7 nitrogen and oxygen atoms in total. The maximum absolute atomic E-state index is 15.4. The summed E-state index contributed by atoms with van der Waals surface area (Å²) in [6.07, 6.45) is 0.724. The molecule has 2 aliphatic rings. The van der Waals surface area contributed by atoms with Gasteiger partial charge in [0.2, 0.25) is 0 Å². The summed E-state index contributed by atoms with van der Waals surface area (Å²) in [7, 11) is -2.14. The van der Waals surface area contributed by atoms with Crippen LogP contribution in [0.15, 0.2) is 0 Å². The molecule has 10 heteroatoms. The minimum atomic E-state index is -2.14. The van der Waals surface area contributed by atoms with Gasteiger partial charge in [-0.1, -0.05) is 20.8 Å². The number of amides is 1. The number of aromatic amines is 1. The van der Waals surface area contributed by atoms with Gasteiger partial charge in [-0.2, -0.15) is 0 Å². The number of aromatic nitrogens is 2. The van der Waals surface area contributed by atoms with Crippen molar-refractivity contribution in [1.29, 1.82) is 0 Å². The number of rotatable bonds is 4. The van der Waals surface area contributed by atoms with E-state index in [-0.39, 0.29) is 46.1 Å². The van der Waals surface area contributed by atoms with E-state index in [1.165, 1.54) is 0 Å². The van der Waals surface area contributed by atoms with Gasteiger partial charge in [0.25, 0.3) is 0 Å². The predicted molar refractivity (Wildman–Crippen MR) is 135 cm³/mol. The van der Waals surface area contributed by atoms with Crippen LogP contribution in [0.5, 0.6) is 0 Å². The standard InChI is InChI=1S/C26H37F2N3O4Si/c1-25(2,3)34-24(33)31-12-15(35-36(7,8)26(4,5)6)11-18(31)23-29-21-19(27)16-9-14(13-32)10-17(16)20(28)22(21)30-23/h13-15,18H,9-12H2,1-8H3,(H,29,30)/t15-,18+/m0/s1. The molecule has 1 N–H and O–H groups in total. The quantitative estimate of drug-likeness (QED) is 0.404. The van der Waals surface area contributed by atoms with E-state index in [2.05, 4.69) is 43.8 Å². The van der Waals surface area contributed by atoms with Crippen LogP contribution in [0.4, 0.5) is 13.6 Å². The molecule has 0 spiro atoms. The first-order chi connectivity index (χ1) is 16.5. The zero-order valence-corrected chi connectivity index (χ0v) is 23.4. The molecule has 1 saturated heterocycles. The lowest BCUT2D eigenvalue weighted by Gasteiger charge is -2.38. The van der Waals surface area contributed by atoms with E-state index in [0.29, 0.717) is 18.8 Å².